The van der Waals surface area contributed by atoms with Gasteiger partial charge >= 0.3 is 0 Å². The Kier molecular flexibility index (Phi) is 5.06. The van der Waals surface area contributed by atoms with Crippen LogP contribution in [0.1, 0.15) is 21.6 Å². The highest BCUT2D eigenvalue weighted by Gasteiger charge is 2.12. The van der Waals surface area contributed by atoms with Gasteiger partial charge in [-0.2, -0.15) is 5.26 Å². The maximum atomic E-state index is 12.5. The van der Waals surface area contributed by atoms with E-state index in [1.807, 2.05) is 29.7 Å². The maximum Gasteiger partial charge on any atom is 0.275 e. The van der Waals surface area contributed by atoms with Crippen molar-refractivity contribution in [3.05, 3.63) is 83.8 Å². The molecule has 148 valence electrons. The molecule has 0 aliphatic carbocycles. The van der Waals surface area contributed by atoms with Crippen LogP contribution in [0.5, 0.6) is 17.2 Å². The summed E-state index contributed by atoms with van der Waals surface area (Å²) in [6.45, 7) is 1.98. The predicted octanol–water partition coefficient (Wildman–Crippen LogP) is 4.57. The third-order valence-corrected chi connectivity index (χ3v) is 4.48. The summed E-state index contributed by atoms with van der Waals surface area (Å²) in [6, 6.07) is 17.8. The first kappa shape index (κ1) is 19.0. The predicted molar refractivity (Wildman–Crippen MR) is 112 cm³/mol. The maximum absolute atomic E-state index is 12.5. The van der Waals surface area contributed by atoms with E-state index in [4.69, 9.17) is 14.7 Å². The van der Waals surface area contributed by atoms with Gasteiger partial charge < -0.3 is 19.2 Å². The number of aromatic nitrogens is 2. The number of nitrogens with zero attached hydrogens (tertiary/aromatic N) is 3. The summed E-state index contributed by atoms with van der Waals surface area (Å²) in [6.07, 6.45) is 3.57. The number of rotatable bonds is 5. The highest BCUT2D eigenvalue weighted by molar-refractivity contribution is 6.03. The fraction of sp³-hybridized carbons (Fsp3) is 0.0870. The number of carbonyl (C=O) groups is 1. The molecule has 2 heterocycles. The van der Waals surface area contributed by atoms with Crippen molar-refractivity contribution in [3.8, 4) is 23.3 Å². The second-order valence-corrected chi connectivity index (χ2v) is 6.65. The normalized spacial score (nSPS) is 10.4. The number of ether oxygens (including phenoxy) is 2. The molecule has 2 aromatic carbocycles. The van der Waals surface area contributed by atoms with Crippen LogP contribution in [0.25, 0.3) is 5.65 Å². The molecule has 0 unspecified atom stereocenters. The Balaban J connectivity index is 1.47. The molecule has 2 aromatic heterocycles. The minimum absolute atomic E-state index is 0.293. The standard InChI is InChI=1S/C23H18N4O3/c1-15-9-10-27-14-19(26-22(27)11-15)23(28)25-17-4-6-18(7-5-17)30-20-8-3-16(13-24)12-21(20)29-2/h3-12,14H,1-2H3,(H,25,28). The molecule has 0 saturated heterocycles. The number of amides is 1. The summed E-state index contributed by atoms with van der Waals surface area (Å²) < 4.78 is 12.9. The lowest BCUT2D eigenvalue weighted by Crippen LogP contribution is -2.12. The number of pyridine rings is 1. The van der Waals surface area contributed by atoms with E-state index >= 15 is 0 Å². The highest BCUT2D eigenvalue weighted by Crippen LogP contribution is 2.32. The van der Waals surface area contributed by atoms with Gasteiger partial charge in [-0.25, -0.2) is 4.98 Å². The number of nitriles is 1. The molecule has 30 heavy (non-hydrogen) atoms. The molecule has 0 spiro atoms. The lowest BCUT2D eigenvalue weighted by atomic mass is 10.2. The van der Waals surface area contributed by atoms with Crippen molar-refractivity contribution < 1.29 is 14.3 Å². The zero-order chi connectivity index (χ0) is 21.1. The Morgan fingerprint density at radius 3 is 2.63 bits per heavy atom. The molecule has 7 heteroatoms. The van der Waals surface area contributed by atoms with Crippen molar-refractivity contribution in [2.45, 2.75) is 6.92 Å². The van der Waals surface area contributed by atoms with Gasteiger partial charge in [0.1, 0.15) is 17.1 Å². The molecule has 0 fully saturated rings. The van der Waals surface area contributed by atoms with Crippen molar-refractivity contribution in [2.75, 3.05) is 12.4 Å². The lowest BCUT2D eigenvalue weighted by Gasteiger charge is -2.11. The first-order valence-electron chi connectivity index (χ1n) is 9.18. The van der Waals surface area contributed by atoms with Crippen LogP contribution < -0.4 is 14.8 Å². The van der Waals surface area contributed by atoms with Crippen molar-refractivity contribution in [1.82, 2.24) is 9.38 Å². The zero-order valence-corrected chi connectivity index (χ0v) is 16.4. The molecule has 4 rings (SSSR count). The summed E-state index contributed by atoms with van der Waals surface area (Å²) in [5.41, 5.74) is 3.24. The number of imidazole rings is 1. The molecule has 0 bridgehead atoms. The minimum Gasteiger partial charge on any atom is -0.493 e. The van der Waals surface area contributed by atoms with Gasteiger partial charge in [0.25, 0.3) is 5.91 Å². The number of hydrogen-bond acceptors (Lipinski definition) is 5. The fourth-order valence-electron chi connectivity index (χ4n) is 2.94. The second kappa shape index (κ2) is 7.97. The van der Waals surface area contributed by atoms with Crippen molar-refractivity contribution in [3.63, 3.8) is 0 Å². The van der Waals surface area contributed by atoms with Gasteiger partial charge in [0.15, 0.2) is 11.5 Å². The van der Waals surface area contributed by atoms with E-state index in [1.54, 1.807) is 48.7 Å². The van der Waals surface area contributed by atoms with Gasteiger partial charge in [-0.05, 0) is 61.0 Å². The summed E-state index contributed by atoms with van der Waals surface area (Å²) in [4.78, 5) is 16.9. The van der Waals surface area contributed by atoms with Crippen LogP contribution in [0, 0.1) is 18.3 Å². The molecule has 7 nitrogen and oxygen atoms in total. The third kappa shape index (κ3) is 3.93. The number of nitrogens with one attached hydrogen (secondary N) is 1. The smallest absolute Gasteiger partial charge is 0.275 e. The Hall–Kier alpha value is -4.31. The van der Waals surface area contributed by atoms with Gasteiger partial charge in [-0.15, -0.1) is 0 Å². The molecule has 0 radical (unpaired) electrons. The fourth-order valence-corrected chi connectivity index (χ4v) is 2.94. The van der Waals surface area contributed by atoms with Crippen molar-refractivity contribution in [2.24, 2.45) is 0 Å². The van der Waals surface area contributed by atoms with Crippen molar-refractivity contribution in [1.29, 1.82) is 5.26 Å². The molecule has 0 saturated carbocycles. The summed E-state index contributed by atoms with van der Waals surface area (Å²) in [7, 11) is 1.52. The quantitative estimate of drug-likeness (QED) is 0.532. The van der Waals surface area contributed by atoms with Crippen LogP contribution >= 0.6 is 0 Å². The Morgan fingerprint density at radius 1 is 1.10 bits per heavy atom. The van der Waals surface area contributed by atoms with Crippen LogP contribution in [-0.4, -0.2) is 22.4 Å². The first-order chi connectivity index (χ1) is 14.6. The molecule has 0 aliphatic rings. The van der Waals surface area contributed by atoms with E-state index in [0.29, 0.717) is 34.2 Å². The van der Waals surface area contributed by atoms with Crippen LogP contribution in [0.15, 0.2) is 67.0 Å². The Bertz CT molecular complexity index is 1270. The SMILES string of the molecule is COc1cc(C#N)ccc1Oc1ccc(NC(=O)c2cn3ccc(C)cc3n2)cc1. The van der Waals surface area contributed by atoms with E-state index in [-0.39, 0.29) is 5.91 Å². The van der Waals surface area contributed by atoms with Crippen LogP contribution in [0.3, 0.4) is 0 Å². The van der Waals surface area contributed by atoms with E-state index in [1.165, 1.54) is 7.11 Å². The topological polar surface area (TPSA) is 88.6 Å². The monoisotopic (exact) mass is 398 g/mol. The number of fused-ring (bicyclic) bond motifs is 1. The largest absolute Gasteiger partial charge is 0.493 e. The van der Waals surface area contributed by atoms with Crippen LogP contribution in [0.4, 0.5) is 5.69 Å². The van der Waals surface area contributed by atoms with Gasteiger partial charge in [0.05, 0.1) is 18.7 Å². The number of hydrogen-bond donors (Lipinski definition) is 1. The Morgan fingerprint density at radius 2 is 1.90 bits per heavy atom. The number of methoxy groups -OCH3 is 1. The van der Waals surface area contributed by atoms with E-state index in [9.17, 15) is 4.79 Å². The van der Waals surface area contributed by atoms with Crippen molar-refractivity contribution >= 4 is 17.2 Å². The highest BCUT2D eigenvalue weighted by atomic mass is 16.5. The summed E-state index contributed by atoms with van der Waals surface area (Å²) in [5.74, 6) is 1.24. The van der Waals surface area contributed by atoms with E-state index in [2.05, 4.69) is 16.4 Å². The number of benzene rings is 2. The third-order valence-electron chi connectivity index (χ3n) is 4.48. The van der Waals surface area contributed by atoms with Crippen LogP contribution in [-0.2, 0) is 0 Å². The molecular formula is C23H18N4O3. The van der Waals surface area contributed by atoms with Gasteiger partial charge in [-0.1, -0.05) is 0 Å². The lowest BCUT2D eigenvalue weighted by molar-refractivity contribution is 0.102. The first-order valence-corrected chi connectivity index (χ1v) is 9.18. The minimum atomic E-state index is -0.293. The van der Waals surface area contributed by atoms with Gasteiger partial charge in [0.2, 0.25) is 0 Å². The summed E-state index contributed by atoms with van der Waals surface area (Å²) in [5, 5.41) is 11.8. The number of aryl methyl sites for hydroxylation is 1. The number of carbonyl (C=O) groups excluding carboxylic acids is 1. The van der Waals surface area contributed by atoms with E-state index < -0.39 is 0 Å². The molecule has 4 aromatic rings. The zero-order valence-electron chi connectivity index (χ0n) is 16.4. The molecule has 1 N–H and O–H groups in total. The molecular weight excluding hydrogens is 380 g/mol. The van der Waals surface area contributed by atoms with Gasteiger partial charge in [0, 0.05) is 24.1 Å². The number of anilines is 1. The summed E-state index contributed by atoms with van der Waals surface area (Å²) >= 11 is 0. The van der Waals surface area contributed by atoms with Crippen LogP contribution in [0.2, 0.25) is 0 Å². The Labute approximate surface area is 173 Å². The average molecular weight is 398 g/mol. The second-order valence-electron chi connectivity index (χ2n) is 6.65. The van der Waals surface area contributed by atoms with E-state index in [0.717, 1.165) is 11.2 Å². The molecule has 1 amide bonds. The average Bonchev–Trinajstić information content (AvgIpc) is 3.18. The van der Waals surface area contributed by atoms with Gasteiger partial charge in [-0.3, -0.25) is 4.79 Å². The molecule has 0 atom stereocenters. The molecule has 0 aliphatic heterocycles.